The minimum Gasteiger partial charge on any atom is -0.326 e. The van der Waals surface area contributed by atoms with Crippen LogP contribution in [-0.4, -0.2) is 28.8 Å². The summed E-state index contributed by atoms with van der Waals surface area (Å²) in [6, 6.07) is 16.6. The van der Waals surface area contributed by atoms with Crippen LogP contribution in [0.5, 0.6) is 0 Å². The van der Waals surface area contributed by atoms with Gasteiger partial charge in [-0.15, -0.1) is 0 Å². The third-order valence-electron chi connectivity index (χ3n) is 6.60. The Morgan fingerprint density at radius 1 is 0.674 bits per heavy atom. The highest BCUT2D eigenvalue weighted by Crippen LogP contribution is 2.38. The molecule has 5 N–H and O–H groups in total. The molecule has 0 atom stereocenters. The highest BCUT2D eigenvalue weighted by atomic mass is 19.1. The third-order valence-corrected chi connectivity index (χ3v) is 6.60. The molecule has 0 saturated heterocycles. The second-order valence-electron chi connectivity index (χ2n) is 12.0. The van der Waals surface area contributed by atoms with Gasteiger partial charge >= 0.3 is 0 Å². The monoisotopic (exact) mass is 594 g/mol. The molecule has 3 aromatic carbocycles. The highest BCUT2D eigenvalue weighted by Gasteiger charge is 2.33. The first-order chi connectivity index (χ1) is 20.2. The van der Waals surface area contributed by atoms with Crippen LogP contribution in [0.2, 0.25) is 0 Å². The molecule has 3 rings (SSSR count). The van der Waals surface area contributed by atoms with E-state index in [1.807, 2.05) is 27.7 Å². The molecule has 43 heavy (non-hydrogen) atoms. The van der Waals surface area contributed by atoms with Gasteiger partial charge in [0.05, 0.1) is 0 Å². The Balaban J connectivity index is 1.75. The summed E-state index contributed by atoms with van der Waals surface area (Å²) in [7, 11) is 0. The fourth-order valence-corrected chi connectivity index (χ4v) is 5.28. The maximum Gasteiger partial charge on any atom is 0.243 e. The van der Waals surface area contributed by atoms with Crippen LogP contribution in [0.25, 0.3) is 0 Å². The van der Waals surface area contributed by atoms with E-state index in [9.17, 15) is 28.0 Å². The van der Waals surface area contributed by atoms with E-state index in [0.717, 1.165) is 12.1 Å². The number of benzene rings is 3. The van der Waals surface area contributed by atoms with Gasteiger partial charge in [-0.1, -0.05) is 52.0 Å². The van der Waals surface area contributed by atoms with Crippen LogP contribution >= 0.6 is 0 Å². The molecule has 0 aliphatic carbocycles. The first kappa shape index (κ1) is 32.9. The molecule has 0 fully saturated rings. The summed E-state index contributed by atoms with van der Waals surface area (Å²) < 4.78 is 27.4. The molecule has 0 bridgehead atoms. The van der Waals surface area contributed by atoms with E-state index < -0.39 is 46.1 Å². The SMILES string of the molecule is CC(C)(CC(=O)NO)CC(C)(C)CC(=O)Nc1ccc(C(C(=O)Nc2cccc(F)c2)C(=O)Nc2cccc(F)c2)cc1. The van der Waals surface area contributed by atoms with Crippen LogP contribution in [0.3, 0.4) is 0 Å². The van der Waals surface area contributed by atoms with E-state index in [1.165, 1.54) is 48.5 Å². The molecule has 11 heteroatoms. The van der Waals surface area contributed by atoms with E-state index in [2.05, 4.69) is 16.0 Å². The number of halogens is 2. The number of hydrogen-bond acceptors (Lipinski definition) is 5. The van der Waals surface area contributed by atoms with Crippen molar-refractivity contribution in [3.05, 3.63) is 90.0 Å². The summed E-state index contributed by atoms with van der Waals surface area (Å²) in [5.41, 5.74) is 1.71. The van der Waals surface area contributed by atoms with Crippen molar-refractivity contribution in [2.75, 3.05) is 16.0 Å². The molecule has 9 nitrogen and oxygen atoms in total. The smallest absolute Gasteiger partial charge is 0.243 e. The summed E-state index contributed by atoms with van der Waals surface area (Å²) >= 11 is 0. The zero-order chi connectivity index (χ0) is 31.8. The standard InChI is InChI=1S/C32H36F2N4O5/c1-31(2,19-32(3,4)18-27(40)38-43)17-26(39)35-23-13-11-20(12-14-23)28(29(41)36-24-9-5-7-21(33)15-24)30(42)37-25-10-6-8-22(34)16-25/h5-16,28,43H,17-19H2,1-4H3,(H,35,39)(H,36,41)(H,37,42)(H,38,40). The van der Waals surface area contributed by atoms with Gasteiger partial charge in [0.1, 0.15) is 17.6 Å². The van der Waals surface area contributed by atoms with E-state index >= 15 is 0 Å². The van der Waals surface area contributed by atoms with Gasteiger partial charge in [0, 0.05) is 29.9 Å². The predicted molar refractivity (Wildman–Crippen MR) is 159 cm³/mol. The Hall–Kier alpha value is -4.64. The molecule has 0 aromatic heterocycles. The molecule has 0 aliphatic rings. The van der Waals surface area contributed by atoms with Gasteiger partial charge in [0.15, 0.2) is 0 Å². The Labute approximate surface area is 249 Å². The Kier molecular flexibility index (Phi) is 10.7. The summed E-state index contributed by atoms with van der Waals surface area (Å²) in [6.07, 6.45) is 0.771. The number of carbonyl (C=O) groups excluding carboxylic acids is 4. The summed E-state index contributed by atoms with van der Waals surface area (Å²) in [4.78, 5) is 51.0. The average Bonchev–Trinajstić information content (AvgIpc) is 2.88. The van der Waals surface area contributed by atoms with Crippen molar-refractivity contribution in [2.45, 2.75) is 52.9 Å². The lowest BCUT2D eigenvalue weighted by atomic mass is 9.71. The Bertz CT molecular complexity index is 1420. The third kappa shape index (κ3) is 10.3. The first-order valence-electron chi connectivity index (χ1n) is 13.6. The van der Waals surface area contributed by atoms with Crippen molar-refractivity contribution < 1.29 is 33.2 Å². The second-order valence-corrected chi connectivity index (χ2v) is 12.0. The van der Waals surface area contributed by atoms with Crippen LogP contribution in [0, 0.1) is 22.5 Å². The topological polar surface area (TPSA) is 137 Å². The number of nitrogens with one attached hydrogen (secondary N) is 4. The van der Waals surface area contributed by atoms with Crippen LogP contribution in [0.4, 0.5) is 25.8 Å². The van der Waals surface area contributed by atoms with Crippen molar-refractivity contribution in [1.29, 1.82) is 0 Å². The van der Waals surface area contributed by atoms with Gasteiger partial charge in [0.25, 0.3) is 0 Å². The molecule has 0 radical (unpaired) electrons. The quantitative estimate of drug-likeness (QED) is 0.0997. The molecule has 4 amide bonds. The van der Waals surface area contributed by atoms with Crippen LogP contribution < -0.4 is 21.4 Å². The lowest BCUT2D eigenvalue weighted by Gasteiger charge is -2.34. The van der Waals surface area contributed by atoms with Crippen LogP contribution in [0.1, 0.15) is 58.4 Å². The Morgan fingerprint density at radius 3 is 1.58 bits per heavy atom. The zero-order valence-corrected chi connectivity index (χ0v) is 24.5. The molecule has 228 valence electrons. The van der Waals surface area contributed by atoms with Crippen LogP contribution in [0.15, 0.2) is 72.8 Å². The van der Waals surface area contributed by atoms with Gasteiger partial charge in [-0.05, 0) is 71.3 Å². The fraction of sp³-hybridized carbons (Fsp3) is 0.312. The van der Waals surface area contributed by atoms with Crippen molar-refractivity contribution in [1.82, 2.24) is 5.48 Å². The average molecular weight is 595 g/mol. The van der Waals surface area contributed by atoms with Gasteiger partial charge in [-0.25, -0.2) is 14.3 Å². The molecular formula is C32H36F2N4O5. The number of hydrogen-bond donors (Lipinski definition) is 5. The van der Waals surface area contributed by atoms with E-state index in [-0.39, 0.29) is 35.7 Å². The lowest BCUT2D eigenvalue weighted by molar-refractivity contribution is -0.131. The second kappa shape index (κ2) is 14.0. The minimum atomic E-state index is -1.39. The maximum atomic E-state index is 13.7. The number of carbonyl (C=O) groups is 4. The highest BCUT2D eigenvalue weighted by molar-refractivity contribution is 6.15. The first-order valence-corrected chi connectivity index (χ1v) is 13.6. The molecule has 0 spiro atoms. The fourth-order valence-electron chi connectivity index (χ4n) is 5.28. The van der Waals surface area contributed by atoms with Crippen LogP contribution in [-0.2, 0) is 19.2 Å². The van der Waals surface area contributed by atoms with E-state index in [1.54, 1.807) is 17.6 Å². The summed E-state index contributed by atoms with van der Waals surface area (Å²) in [5.74, 6) is -4.79. The maximum absolute atomic E-state index is 13.7. The predicted octanol–water partition coefficient (Wildman–Crippen LogP) is 5.99. The summed E-state index contributed by atoms with van der Waals surface area (Å²) in [6.45, 7) is 7.58. The van der Waals surface area contributed by atoms with Gasteiger partial charge in [0.2, 0.25) is 23.6 Å². The minimum absolute atomic E-state index is 0.0940. The van der Waals surface area contributed by atoms with Gasteiger partial charge in [-0.3, -0.25) is 24.4 Å². The van der Waals surface area contributed by atoms with Crippen molar-refractivity contribution >= 4 is 40.7 Å². The molecule has 0 heterocycles. The molecule has 0 saturated carbocycles. The number of hydroxylamine groups is 1. The molecule has 0 unspecified atom stereocenters. The summed E-state index contributed by atoms with van der Waals surface area (Å²) in [5, 5.41) is 16.7. The Morgan fingerprint density at radius 2 is 1.14 bits per heavy atom. The number of rotatable bonds is 12. The molecule has 0 aliphatic heterocycles. The molecular weight excluding hydrogens is 558 g/mol. The van der Waals surface area contributed by atoms with Crippen molar-refractivity contribution in [2.24, 2.45) is 10.8 Å². The zero-order valence-electron chi connectivity index (χ0n) is 24.5. The van der Waals surface area contributed by atoms with Crippen molar-refractivity contribution in [3.63, 3.8) is 0 Å². The number of anilines is 3. The van der Waals surface area contributed by atoms with E-state index in [4.69, 9.17) is 5.21 Å². The number of amides is 4. The van der Waals surface area contributed by atoms with E-state index in [0.29, 0.717) is 12.1 Å². The van der Waals surface area contributed by atoms with Gasteiger partial charge in [-0.2, -0.15) is 0 Å². The normalized spacial score (nSPS) is 11.5. The molecule has 3 aromatic rings. The largest absolute Gasteiger partial charge is 0.326 e. The van der Waals surface area contributed by atoms with Gasteiger partial charge < -0.3 is 16.0 Å². The lowest BCUT2D eigenvalue weighted by Crippen LogP contribution is -2.32. The van der Waals surface area contributed by atoms with Crippen molar-refractivity contribution in [3.8, 4) is 0 Å².